The number of carbonyl (C=O) groups is 1. The van der Waals surface area contributed by atoms with Gasteiger partial charge < -0.3 is 4.90 Å². The van der Waals surface area contributed by atoms with Crippen LogP contribution in [0.25, 0.3) is 0 Å². The highest BCUT2D eigenvalue weighted by molar-refractivity contribution is 9.10. The van der Waals surface area contributed by atoms with Crippen molar-refractivity contribution in [1.29, 1.82) is 0 Å². The molecule has 4 nitrogen and oxygen atoms in total. The van der Waals surface area contributed by atoms with Crippen LogP contribution in [0.2, 0.25) is 5.02 Å². The number of thioether (sulfide) groups is 2. The van der Waals surface area contributed by atoms with Crippen molar-refractivity contribution in [1.82, 2.24) is 4.90 Å². The molecule has 2 aliphatic heterocycles. The Kier molecular flexibility index (Phi) is 6.12. The van der Waals surface area contributed by atoms with Gasteiger partial charge in [0.1, 0.15) is 4.91 Å². The van der Waals surface area contributed by atoms with E-state index < -0.39 is 0 Å². The number of aliphatic imine (C=N–C) groups is 1. The van der Waals surface area contributed by atoms with E-state index in [1.807, 2.05) is 54.4 Å². The Balaban J connectivity index is 1.56. The quantitative estimate of drug-likeness (QED) is 0.376. The van der Waals surface area contributed by atoms with Gasteiger partial charge in [0.25, 0.3) is 5.91 Å². The van der Waals surface area contributed by atoms with E-state index in [0.29, 0.717) is 5.02 Å². The van der Waals surface area contributed by atoms with E-state index >= 15 is 0 Å². The summed E-state index contributed by atoms with van der Waals surface area (Å²) < 4.78 is 0.977. The van der Waals surface area contributed by atoms with E-state index in [4.69, 9.17) is 16.6 Å². The number of halogens is 2. The highest BCUT2D eigenvalue weighted by atomic mass is 79.9. The van der Waals surface area contributed by atoms with Crippen molar-refractivity contribution < 1.29 is 4.79 Å². The summed E-state index contributed by atoms with van der Waals surface area (Å²) in [6, 6.07) is 14.0. The van der Waals surface area contributed by atoms with Gasteiger partial charge in [-0.3, -0.25) is 9.69 Å². The van der Waals surface area contributed by atoms with Gasteiger partial charge in [-0.1, -0.05) is 64.6 Å². The van der Waals surface area contributed by atoms with Crippen LogP contribution in [0, 0.1) is 0 Å². The van der Waals surface area contributed by atoms with Gasteiger partial charge in [0.05, 0.1) is 16.4 Å². The minimum Gasteiger partial charge on any atom is -0.337 e. The summed E-state index contributed by atoms with van der Waals surface area (Å²) in [7, 11) is 2.00. The van der Waals surface area contributed by atoms with Gasteiger partial charge >= 0.3 is 0 Å². The number of benzene rings is 2. The number of amidine groups is 1. The molecule has 2 aromatic carbocycles. The van der Waals surface area contributed by atoms with Crippen molar-refractivity contribution in [2.45, 2.75) is 43.0 Å². The molecule has 1 aliphatic carbocycles. The van der Waals surface area contributed by atoms with E-state index in [0.717, 1.165) is 61.5 Å². The fourth-order valence-corrected chi connectivity index (χ4v) is 7.17. The smallest absolute Gasteiger partial charge is 0.269 e. The van der Waals surface area contributed by atoms with Gasteiger partial charge in [0, 0.05) is 27.5 Å². The molecule has 8 heteroatoms. The molecule has 2 fully saturated rings. The third kappa shape index (κ3) is 4.17. The summed E-state index contributed by atoms with van der Waals surface area (Å²) in [5.41, 5.74) is 1.88. The van der Waals surface area contributed by atoms with Gasteiger partial charge in [-0.2, -0.15) is 0 Å². The van der Waals surface area contributed by atoms with E-state index in [-0.39, 0.29) is 11.9 Å². The Morgan fingerprint density at radius 2 is 1.90 bits per heavy atom. The fraction of sp³-hybridized carbons (Fsp3) is 0.304. The Morgan fingerprint density at radius 1 is 1.10 bits per heavy atom. The highest BCUT2D eigenvalue weighted by Crippen LogP contribution is 2.51. The molecule has 0 bridgehead atoms. The predicted octanol–water partition coefficient (Wildman–Crippen LogP) is 7.41. The lowest BCUT2D eigenvalue weighted by molar-refractivity contribution is -0.124. The first kappa shape index (κ1) is 21.4. The standard InChI is InChI=1S/C23H21BrClN3OS2/c1-27-18-13-15(25)10-11-19(18)30-22(27)20-21(29)28(17-8-3-2-4-9-17)23(31-20)26-16-7-5-6-14(24)12-16/h5-7,10-13,17H,2-4,8-9H2,1H3/b22-20-,26-23?. The summed E-state index contributed by atoms with van der Waals surface area (Å²) in [6.45, 7) is 0. The number of carbonyl (C=O) groups excluding carboxylic acids is 1. The normalized spacial score (nSPS) is 23.2. The van der Waals surface area contributed by atoms with Crippen LogP contribution in [0.5, 0.6) is 0 Å². The zero-order valence-corrected chi connectivity index (χ0v) is 21.0. The van der Waals surface area contributed by atoms with Crippen LogP contribution in [-0.2, 0) is 4.79 Å². The number of hydrogen-bond acceptors (Lipinski definition) is 5. The van der Waals surface area contributed by atoms with E-state index in [2.05, 4.69) is 20.8 Å². The Bertz CT molecular complexity index is 1110. The van der Waals surface area contributed by atoms with Crippen LogP contribution >= 0.6 is 51.1 Å². The summed E-state index contributed by atoms with van der Waals surface area (Å²) in [4.78, 5) is 24.5. The van der Waals surface area contributed by atoms with Crippen LogP contribution < -0.4 is 4.90 Å². The molecule has 1 saturated heterocycles. The fourth-order valence-electron chi connectivity index (χ4n) is 4.23. The predicted molar refractivity (Wildman–Crippen MR) is 135 cm³/mol. The van der Waals surface area contributed by atoms with Gasteiger partial charge in [0.15, 0.2) is 5.17 Å². The Hall–Kier alpha value is -1.41. The maximum absolute atomic E-state index is 13.7. The van der Waals surface area contributed by atoms with Gasteiger partial charge in [-0.25, -0.2) is 4.99 Å². The molecule has 0 aromatic heterocycles. The van der Waals surface area contributed by atoms with Crippen LogP contribution in [0.4, 0.5) is 11.4 Å². The lowest BCUT2D eigenvalue weighted by Crippen LogP contribution is -2.40. The zero-order valence-electron chi connectivity index (χ0n) is 17.0. The van der Waals surface area contributed by atoms with E-state index in [1.165, 1.54) is 18.2 Å². The summed E-state index contributed by atoms with van der Waals surface area (Å²) in [5, 5.41) is 2.43. The van der Waals surface area contributed by atoms with Gasteiger partial charge in [0.2, 0.25) is 0 Å². The number of hydrogen-bond donors (Lipinski definition) is 0. The lowest BCUT2D eigenvalue weighted by atomic mass is 9.94. The second-order valence-corrected chi connectivity index (χ2v) is 11.2. The molecule has 2 aromatic rings. The second-order valence-electron chi connectivity index (χ2n) is 7.85. The van der Waals surface area contributed by atoms with Gasteiger partial charge in [-0.15, -0.1) is 0 Å². The van der Waals surface area contributed by atoms with Crippen LogP contribution in [-0.4, -0.2) is 29.1 Å². The molecule has 1 saturated carbocycles. The monoisotopic (exact) mass is 533 g/mol. The summed E-state index contributed by atoms with van der Waals surface area (Å²) >= 11 is 12.9. The third-order valence-electron chi connectivity index (χ3n) is 5.77. The molecule has 160 valence electrons. The first-order valence-corrected chi connectivity index (χ1v) is 13.1. The SMILES string of the molecule is CN1/C(=C2/SC(=Nc3cccc(Br)c3)N(C3CCCCC3)C2=O)Sc2ccc(Cl)cc21. The summed E-state index contributed by atoms with van der Waals surface area (Å²) in [5.74, 6) is 0.0684. The van der Waals surface area contributed by atoms with Crippen molar-refractivity contribution in [3.63, 3.8) is 0 Å². The van der Waals surface area contributed by atoms with Crippen LogP contribution in [0.15, 0.2) is 66.8 Å². The lowest BCUT2D eigenvalue weighted by Gasteiger charge is -2.30. The highest BCUT2D eigenvalue weighted by Gasteiger charge is 2.42. The molecule has 2 heterocycles. The minimum atomic E-state index is 0.0684. The van der Waals surface area contributed by atoms with E-state index in [9.17, 15) is 4.79 Å². The maximum Gasteiger partial charge on any atom is 0.269 e. The molecule has 0 atom stereocenters. The van der Waals surface area contributed by atoms with Crippen LogP contribution in [0.1, 0.15) is 32.1 Å². The average Bonchev–Trinajstić information content (AvgIpc) is 3.25. The number of anilines is 1. The van der Waals surface area contributed by atoms with Crippen molar-refractivity contribution in [3.8, 4) is 0 Å². The number of fused-ring (bicyclic) bond motifs is 1. The molecule has 0 unspecified atom stereocenters. The Morgan fingerprint density at radius 3 is 2.68 bits per heavy atom. The molecule has 0 N–H and O–H groups in total. The minimum absolute atomic E-state index is 0.0684. The summed E-state index contributed by atoms with van der Waals surface area (Å²) in [6.07, 6.45) is 5.63. The molecule has 3 aliphatic rings. The molecule has 31 heavy (non-hydrogen) atoms. The second kappa shape index (κ2) is 8.85. The van der Waals surface area contributed by atoms with Crippen molar-refractivity contribution in [2.24, 2.45) is 4.99 Å². The topological polar surface area (TPSA) is 35.9 Å². The Labute approximate surface area is 204 Å². The average molecular weight is 535 g/mol. The molecule has 0 spiro atoms. The van der Waals surface area contributed by atoms with Crippen molar-refractivity contribution in [3.05, 3.63) is 61.9 Å². The number of amides is 1. The first-order valence-electron chi connectivity index (χ1n) is 10.3. The molecule has 5 rings (SSSR count). The number of nitrogens with zero attached hydrogens (tertiary/aromatic N) is 3. The third-order valence-corrected chi connectivity index (χ3v) is 8.91. The maximum atomic E-state index is 13.7. The first-order chi connectivity index (χ1) is 15.0. The van der Waals surface area contributed by atoms with Crippen molar-refractivity contribution in [2.75, 3.05) is 11.9 Å². The zero-order chi connectivity index (χ0) is 21.5. The van der Waals surface area contributed by atoms with E-state index in [1.54, 1.807) is 11.8 Å². The molecular weight excluding hydrogens is 514 g/mol. The number of rotatable bonds is 2. The van der Waals surface area contributed by atoms with Gasteiger partial charge in [-0.05, 0) is 61.0 Å². The molecular formula is C23H21BrClN3OS2. The van der Waals surface area contributed by atoms with Crippen LogP contribution in [0.3, 0.4) is 0 Å². The van der Waals surface area contributed by atoms with Crippen molar-refractivity contribution >= 4 is 73.5 Å². The molecule has 0 radical (unpaired) electrons. The largest absolute Gasteiger partial charge is 0.337 e. The molecule has 1 amide bonds.